The van der Waals surface area contributed by atoms with Crippen molar-refractivity contribution in [2.45, 2.75) is 33.3 Å². The quantitative estimate of drug-likeness (QED) is 0.288. The Hall–Kier alpha value is -3.53. The molecule has 0 saturated carbocycles. The summed E-state index contributed by atoms with van der Waals surface area (Å²) in [6.07, 6.45) is 1.60. The van der Waals surface area contributed by atoms with Crippen LogP contribution in [0.4, 0.5) is 22.0 Å². The van der Waals surface area contributed by atoms with Gasteiger partial charge in [-0.3, -0.25) is 0 Å². The summed E-state index contributed by atoms with van der Waals surface area (Å²) in [5, 5.41) is 0. The molecule has 7 heteroatoms. The number of rotatable bonds is 7. The lowest BCUT2D eigenvalue weighted by atomic mass is 10.1. The van der Waals surface area contributed by atoms with E-state index in [0.29, 0.717) is 0 Å². The zero-order valence-corrected chi connectivity index (χ0v) is 18.1. The summed E-state index contributed by atoms with van der Waals surface area (Å²) >= 11 is 0. The highest BCUT2D eigenvalue weighted by molar-refractivity contribution is 5.47. The Labute approximate surface area is 189 Å². The lowest BCUT2D eigenvalue weighted by Gasteiger charge is -2.10. The average Bonchev–Trinajstić information content (AvgIpc) is 2.79. The van der Waals surface area contributed by atoms with E-state index in [2.05, 4.69) is 11.8 Å². The van der Waals surface area contributed by atoms with Gasteiger partial charge in [-0.1, -0.05) is 37.3 Å². The molecule has 3 rings (SSSR count). The smallest absolute Gasteiger partial charge is 0.201 e. The van der Waals surface area contributed by atoms with Crippen molar-refractivity contribution in [1.82, 2.24) is 0 Å². The molecule has 0 N–H and O–H groups in total. The number of hydrogen-bond donors (Lipinski definition) is 0. The lowest BCUT2D eigenvalue weighted by molar-refractivity contribution is 0.279. The second-order valence-corrected chi connectivity index (χ2v) is 7.13. The molecule has 0 aromatic heterocycles. The Balaban J connectivity index is 1.77. The Kier molecular flexibility index (Phi) is 7.94. The first kappa shape index (κ1) is 24.1. The summed E-state index contributed by atoms with van der Waals surface area (Å²) in [6, 6.07) is 9.35. The minimum absolute atomic E-state index is 0.150. The van der Waals surface area contributed by atoms with Crippen LogP contribution >= 0.6 is 0 Å². The molecule has 0 aliphatic heterocycles. The van der Waals surface area contributed by atoms with Gasteiger partial charge >= 0.3 is 0 Å². The van der Waals surface area contributed by atoms with Gasteiger partial charge in [0.15, 0.2) is 23.1 Å². The molecule has 3 aromatic carbocycles. The first-order valence-electron chi connectivity index (χ1n) is 10.4. The van der Waals surface area contributed by atoms with Gasteiger partial charge in [0.1, 0.15) is 12.4 Å². The molecule has 172 valence electrons. The molecule has 0 aliphatic rings. The Morgan fingerprint density at radius 3 is 1.79 bits per heavy atom. The first-order chi connectivity index (χ1) is 15.8. The Bertz CT molecular complexity index is 1210. The third-order valence-corrected chi connectivity index (χ3v) is 4.76. The van der Waals surface area contributed by atoms with Crippen LogP contribution < -0.4 is 9.47 Å². The molecule has 0 saturated heterocycles. The molecule has 0 unspecified atom stereocenters. The van der Waals surface area contributed by atoms with Crippen molar-refractivity contribution in [3.05, 3.63) is 93.8 Å². The van der Waals surface area contributed by atoms with E-state index in [1.165, 1.54) is 18.2 Å². The molecule has 0 bridgehead atoms. The van der Waals surface area contributed by atoms with Gasteiger partial charge in [0.2, 0.25) is 11.6 Å². The van der Waals surface area contributed by atoms with Crippen LogP contribution in [0.1, 0.15) is 42.5 Å². The van der Waals surface area contributed by atoms with E-state index in [4.69, 9.17) is 9.47 Å². The molecule has 0 heterocycles. The van der Waals surface area contributed by atoms with Crippen LogP contribution in [0.2, 0.25) is 0 Å². The largest absolute Gasteiger partial charge is 0.491 e. The molecular weight excluding hydrogens is 439 g/mol. The summed E-state index contributed by atoms with van der Waals surface area (Å²) in [5.74, 6) is -1.70. The van der Waals surface area contributed by atoms with Crippen LogP contribution in [0, 0.1) is 40.9 Å². The highest BCUT2D eigenvalue weighted by Gasteiger charge is 2.16. The van der Waals surface area contributed by atoms with E-state index in [1.54, 1.807) is 19.1 Å². The van der Waals surface area contributed by atoms with Gasteiger partial charge in [0.25, 0.3) is 0 Å². The zero-order valence-electron chi connectivity index (χ0n) is 18.1. The Morgan fingerprint density at radius 2 is 1.27 bits per heavy atom. The molecule has 33 heavy (non-hydrogen) atoms. The van der Waals surface area contributed by atoms with E-state index in [-0.39, 0.29) is 35.7 Å². The van der Waals surface area contributed by atoms with Gasteiger partial charge in [-0.15, -0.1) is 0 Å². The standard InChI is InChI=1S/C26H21F5O2/c1-3-5-16-6-7-19(20(27)14-16)15-33-22-13-11-18(24(29)26(22)31)9-8-17-10-12-21(32-4-2)25(30)23(17)28/h6-7,10-14H,3-5,15H2,1-2H3. The van der Waals surface area contributed by atoms with Crippen LogP contribution in [-0.2, 0) is 13.0 Å². The minimum Gasteiger partial charge on any atom is -0.491 e. The molecule has 0 amide bonds. The van der Waals surface area contributed by atoms with Crippen molar-refractivity contribution in [1.29, 1.82) is 0 Å². The van der Waals surface area contributed by atoms with E-state index in [9.17, 15) is 22.0 Å². The summed E-state index contributed by atoms with van der Waals surface area (Å²) < 4.78 is 81.3. The van der Waals surface area contributed by atoms with Crippen LogP contribution in [0.15, 0.2) is 42.5 Å². The van der Waals surface area contributed by atoms with Gasteiger partial charge in [-0.25, -0.2) is 13.2 Å². The fourth-order valence-electron chi connectivity index (χ4n) is 3.08. The second-order valence-electron chi connectivity index (χ2n) is 7.13. The van der Waals surface area contributed by atoms with Gasteiger partial charge in [-0.05, 0) is 49.2 Å². The fraction of sp³-hybridized carbons (Fsp3) is 0.231. The molecule has 2 nitrogen and oxygen atoms in total. The van der Waals surface area contributed by atoms with Gasteiger partial charge in [-0.2, -0.15) is 8.78 Å². The second kappa shape index (κ2) is 10.9. The zero-order chi connectivity index (χ0) is 24.0. The molecular formula is C26H21F5O2. The lowest BCUT2D eigenvalue weighted by Crippen LogP contribution is -2.03. The third kappa shape index (κ3) is 5.64. The molecule has 0 atom stereocenters. The molecule has 0 aliphatic carbocycles. The topological polar surface area (TPSA) is 18.5 Å². The average molecular weight is 460 g/mol. The van der Waals surface area contributed by atoms with E-state index < -0.39 is 34.8 Å². The van der Waals surface area contributed by atoms with E-state index in [0.717, 1.165) is 30.5 Å². The summed E-state index contributed by atoms with van der Waals surface area (Å²) in [5.41, 5.74) is 0.330. The highest BCUT2D eigenvalue weighted by atomic mass is 19.2. The van der Waals surface area contributed by atoms with Crippen LogP contribution in [0.3, 0.4) is 0 Å². The maximum atomic E-state index is 14.4. The molecule has 0 radical (unpaired) electrons. The first-order valence-corrected chi connectivity index (χ1v) is 10.4. The Morgan fingerprint density at radius 1 is 0.697 bits per heavy atom. The number of halogens is 5. The highest BCUT2D eigenvalue weighted by Crippen LogP contribution is 2.25. The van der Waals surface area contributed by atoms with E-state index in [1.807, 2.05) is 6.92 Å². The van der Waals surface area contributed by atoms with Gasteiger partial charge in [0.05, 0.1) is 17.7 Å². The normalized spacial score (nSPS) is 10.5. The number of ether oxygens (including phenoxy) is 2. The van der Waals surface area contributed by atoms with Crippen LogP contribution in [0.25, 0.3) is 0 Å². The fourth-order valence-corrected chi connectivity index (χ4v) is 3.08. The third-order valence-electron chi connectivity index (χ3n) is 4.76. The molecule has 0 spiro atoms. The summed E-state index contributed by atoms with van der Waals surface area (Å²) in [7, 11) is 0. The van der Waals surface area contributed by atoms with Crippen molar-refractivity contribution in [3.63, 3.8) is 0 Å². The van der Waals surface area contributed by atoms with Crippen LogP contribution in [-0.4, -0.2) is 6.61 Å². The molecule has 3 aromatic rings. The van der Waals surface area contributed by atoms with Gasteiger partial charge in [0, 0.05) is 5.56 Å². The molecule has 0 fully saturated rings. The van der Waals surface area contributed by atoms with Crippen molar-refractivity contribution in [3.8, 4) is 23.3 Å². The maximum absolute atomic E-state index is 14.4. The van der Waals surface area contributed by atoms with E-state index >= 15 is 0 Å². The monoisotopic (exact) mass is 460 g/mol. The van der Waals surface area contributed by atoms with Crippen molar-refractivity contribution in [2.24, 2.45) is 0 Å². The van der Waals surface area contributed by atoms with Crippen molar-refractivity contribution in [2.75, 3.05) is 6.61 Å². The predicted octanol–water partition coefficient (Wildman–Crippen LogP) is 6.71. The number of hydrogen-bond acceptors (Lipinski definition) is 2. The summed E-state index contributed by atoms with van der Waals surface area (Å²) in [6.45, 7) is 3.45. The van der Waals surface area contributed by atoms with Crippen LogP contribution in [0.5, 0.6) is 11.5 Å². The predicted molar refractivity (Wildman–Crippen MR) is 115 cm³/mol. The van der Waals surface area contributed by atoms with Gasteiger partial charge < -0.3 is 9.47 Å². The SMILES string of the molecule is CCCc1ccc(COc2ccc(C#Cc3ccc(OCC)c(F)c3F)c(F)c2F)c(F)c1. The maximum Gasteiger partial charge on any atom is 0.201 e. The van der Waals surface area contributed by atoms with Crippen molar-refractivity contribution >= 4 is 0 Å². The number of aryl methyl sites for hydroxylation is 1. The minimum atomic E-state index is -1.32. The van der Waals surface area contributed by atoms with Crippen molar-refractivity contribution < 1.29 is 31.4 Å². The summed E-state index contributed by atoms with van der Waals surface area (Å²) in [4.78, 5) is 0. The number of benzene rings is 3.